The number of aromatic nitrogens is 3. The third-order valence-corrected chi connectivity index (χ3v) is 4.10. The molecule has 0 unspecified atom stereocenters. The zero-order chi connectivity index (χ0) is 15.7. The van der Waals surface area contributed by atoms with Gasteiger partial charge in [0.15, 0.2) is 11.5 Å². The second kappa shape index (κ2) is 5.43. The average molecular weight is 313 g/mol. The topological polar surface area (TPSA) is 102 Å². The maximum absolute atomic E-state index is 11.2. The lowest BCUT2D eigenvalue weighted by Crippen LogP contribution is -2.12. The van der Waals surface area contributed by atoms with Gasteiger partial charge in [0.1, 0.15) is 7.85 Å². The Balaban J connectivity index is 1.79. The highest BCUT2D eigenvalue weighted by molar-refractivity contribution is 7.89. The van der Waals surface area contributed by atoms with E-state index >= 15 is 0 Å². The van der Waals surface area contributed by atoms with E-state index in [1.54, 1.807) is 35.1 Å². The molecule has 0 saturated heterocycles. The van der Waals surface area contributed by atoms with Crippen LogP contribution in [0.5, 0.6) is 0 Å². The van der Waals surface area contributed by atoms with Crippen molar-refractivity contribution in [1.29, 1.82) is 0 Å². The molecule has 0 fully saturated rings. The van der Waals surface area contributed by atoms with Crippen molar-refractivity contribution in [2.75, 3.05) is 5.32 Å². The molecule has 2 aromatic heterocycles. The maximum atomic E-state index is 11.2. The van der Waals surface area contributed by atoms with Gasteiger partial charge in [-0.25, -0.2) is 23.5 Å². The van der Waals surface area contributed by atoms with E-state index in [1.165, 1.54) is 12.1 Å². The summed E-state index contributed by atoms with van der Waals surface area (Å²) in [4.78, 5) is 8.50. The number of nitrogens with two attached hydrogens (primary N) is 1. The fraction of sp³-hybridized carbons (Fsp3) is 0.0769. The van der Waals surface area contributed by atoms with Crippen molar-refractivity contribution in [2.45, 2.75) is 11.4 Å². The van der Waals surface area contributed by atoms with E-state index < -0.39 is 10.0 Å². The minimum atomic E-state index is -3.67. The van der Waals surface area contributed by atoms with Crippen molar-refractivity contribution in [1.82, 2.24) is 14.4 Å². The molecule has 3 N–H and O–H groups in total. The van der Waals surface area contributed by atoms with Crippen molar-refractivity contribution in [3.63, 3.8) is 0 Å². The van der Waals surface area contributed by atoms with E-state index in [4.69, 9.17) is 13.0 Å². The molecule has 0 aliphatic carbocycles. The lowest BCUT2D eigenvalue weighted by molar-refractivity contribution is 0.598. The standard InChI is InChI=1S/C13H12BN5O2S/c14-11-8-18-13-12(16-5-6-19(11)13)17-7-9-1-3-10(4-2-9)22(15,20)21/h1-6,8H,7H2,(H,16,17)(H2,15,20,21). The molecule has 0 amide bonds. The molecule has 0 aliphatic rings. The summed E-state index contributed by atoms with van der Waals surface area (Å²) in [6.07, 6.45) is 4.91. The average Bonchev–Trinajstić information content (AvgIpc) is 2.87. The van der Waals surface area contributed by atoms with Crippen LogP contribution in [-0.4, -0.2) is 30.6 Å². The molecule has 3 aromatic rings. The first-order valence-electron chi connectivity index (χ1n) is 6.38. The van der Waals surface area contributed by atoms with Gasteiger partial charge in [-0.05, 0) is 23.3 Å². The Morgan fingerprint density at radius 1 is 1.23 bits per heavy atom. The zero-order valence-electron chi connectivity index (χ0n) is 11.5. The summed E-state index contributed by atoms with van der Waals surface area (Å²) in [5.41, 5.74) is 2.04. The molecule has 1 aromatic carbocycles. The van der Waals surface area contributed by atoms with Crippen LogP contribution < -0.4 is 16.0 Å². The number of fused-ring (bicyclic) bond motifs is 1. The van der Waals surface area contributed by atoms with Crippen LogP contribution >= 0.6 is 0 Å². The predicted molar refractivity (Wildman–Crippen MR) is 83.5 cm³/mol. The smallest absolute Gasteiger partial charge is 0.238 e. The van der Waals surface area contributed by atoms with Gasteiger partial charge in [0, 0.05) is 25.1 Å². The number of sulfonamides is 1. The third-order valence-electron chi connectivity index (χ3n) is 3.17. The van der Waals surface area contributed by atoms with Gasteiger partial charge in [-0.2, -0.15) is 0 Å². The number of imidazole rings is 1. The highest BCUT2D eigenvalue weighted by Gasteiger charge is 2.08. The predicted octanol–water partition coefficient (Wildman–Crippen LogP) is -0.217. The van der Waals surface area contributed by atoms with E-state index in [2.05, 4.69) is 15.3 Å². The molecule has 2 radical (unpaired) electrons. The third kappa shape index (κ3) is 2.81. The summed E-state index contributed by atoms with van der Waals surface area (Å²) in [5.74, 6) is 0.592. The Morgan fingerprint density at radius 3 is 2.64 bits per heavy atom. The van der Waals surface area contributed by atoms with Crippen molar-refractivity contribution in [3.8, 4) is 0 Å². The molecular formula is C13H12BN5O2S. The number of nitrogens with one attached hydrogen (secondary N) is 1. The normalized spacial score (nSPS) is 11.7. The molecule has 22 heavy (non-hydrogen) atoms. The van der Waals surface area contributed by atoms with Gasteiger partial charge < -0.3 is 9.72 Å². The summed E-state index contributed by atoms with van der Waals surface area (Å²) in [6.45, 7) is 0.463. The van der Waals surface area contributed by atoms with Gasteiger partial charge in [-0.15, -0.1) is 0 Å². The summed E-state index contributed by atoms with van der Waals surface area (Å²) in [6, 6.07) is 6.31. The number of anilines is 1. The minimum Gasteiger partial charge on any atom is -0.363 e. The first-order valence-corrected chi connectivity index (χ1v) is 7.93. The molecular weight excluding hydrogens is 301 g/mol. The first-order chi connectivity index (χ1) is 10.4. The van der Waals surface area contributed by atoms with Gasteiger partial charge in [0.2, 0.25) is 10.0 Å². The number of primary sulfonamides is 1. The summed E-state index contributed by atoms with van der Waals surface area (Å²) in [7, 11) is 2.11. The second-order valence-corrected chi connectivity index (χ2v) is 6.26. The molecule has 0 saturated carbocycles. The lowest BCUT2D eigenvalue weighted by atomic mass is 10.1. The Kier molecular flexibility index (Phi) is 3.59. The van der Waals surface area contributed by atoms with E-state index in [-0.39, 0.29) is 4.90 Å². The van der Waals surface area contributed by atoms with Crippen molar-refractivity contribution >= 4 is 34.9 Å². The largest absolute Gasteiger partial charge is 0.363 e. The van der Waals surface area contributed by atoms with Gasteiger partial charge >= 0.3 is 0 Å². The van der Waals surface area contributed by atoms with E-state index in [1.807, 2.05) is 0 Å². The van der Waals surface area contributed by atoms with Crippen molar-refractivity contribution in [2.24, 2.45) is 5.14 Å². The fourth-order valence-electron chi connectivity index (χ4n) is 2.05. The van der Waals surface area contributed by atoms with Crippen LogP contribution in [0.2, 0.25) is 0 Å². The lowest BCUT2D eigenvalue weighted by Gasteiger charge is -2.08. The molecule has 3 rings (SSSR count). The summed E-state index contributed by atoms with van der Waals surface area (Å²) in [5, 5.41) is 8.20. The van der Waals surface area contributed by atoms with Gasteiger partial charge in [-0.3, -0.25) is 0 Å². The number of hydrogen-bond donors (Lipinski definition) is 2. The van der Waals surface area contributed by atoms with Gasteiger partial charge in [-0.1, -0.05) is 12.1 Å². The maximum Gasteiger partial charge on any atom is 0.238 e. The molecule has 2 heterocycles. The highest BCUT2D eigenvalue weighted by Crippen LogP contribution is 2.13. The number of rotatable bonds is 4. The van der Waals surface area contributed by atoms with E-state index in [9.17, 15) is 8.42 Å². The fourth-order valence-corrected chi connectivity index (χ4v) is 2.56. The van der Waals surface area contributed by atoms with Gasteiger partial charge in [0.05, 0.1) is 4.90 Å². The van der Waals surface area contributed by atoms with Crippen LogP contribution in [0.4, 0.5) is 5.82 Å². The zero-order valence-corrected chi connectivity index (χ0v) is 12.3. The summed E-state index contributed by atoms with van der Waals surface area (Å²) >= 11 is 0. The Morgan fingerprint density at radius 2 is 1.95 bits per heavy atom. The quantitative estimate of drug-likeness (QED) is 0.649. The first kappa shape index (κ1) is 14.5. The highest BCUT2D eigenvalue weighted by atomic mass is 32.2. The minimum absolute atomic E-state index is 0.0810. The van der Waals surface area contributed by atoms with Crippen molar-refractivity contribution in [3.05, 3.63) is 48.4 Å². The molecule has 0 bridgehead atoms. The molecule has 0 spiro atoms. The van der Waals surface area contributed by atoms with E-state index in [0.29, 0.717) is 23.6 Å². The second-order valence-electron chi connectivity index (χ2n) is 4.70. The molecule has 9 heteroatoms. The molecule has 7 nitrogen and oxygen atoms in total. The molecule has 0 aliphatic heterocycles. The molecule has 0 atom stereocenters. The number of hydrogen-bond acceptors (Lipinski definition) is 5. The SMILES string of the molecule is [B]c1cnc2c(NCc3ccc(S(N)(=O)=O)cc3)nccn12. The van der Waals surface area contributed by atoms with Crippen LogP contribution in [0.3, 0.4) is 0 Å². The van der Waals surface area contributed by atoms with Crippen LogP contribution in [0.15, 0.2) is 47.8 Å². The van der Waals surface area contributed by atoms with Crippen LogP contribution in [0.1, 0.15) is 5.56 Å². The summed E-state index contributed by atoms with van der Waals surface area (Å²) < 4.78 is 24.1. The monoisotopic (exact) mass is 313 g/mol. The molecule has 110 valence electrons. The Hall–Kier alpha value is -2.39. The Labute approximate surface area is 128 Å². The van der Waals surface area contributed by atoms with Crippen LogP contribution in [0.25, 0.3) is 5.65 Å². The van der Waals surface area contributed by atoms with Crippen LogP contribution in [0, 0.1) is 0 Å². The van der Waals surface area contributed by atoms with Crippen LogP contribution in [-0.2, 0) is 16.6 Å². The number of nitrogens with zero attached hydrogens (tertiary/aromatic N) is 3. The Bertz CT molecular complexity index is 921. The number of benzene rings is 1. The van der Waals surface area contributed by atoms with Crippen molar-refractivity contribution < 1.29 is 8.42 Å². The van der Waals surface area contributed by atoms with E-state index in [0.717, 1.165) is 5.56 Å². The van der Waals surface area contributed by atoms with Gasteiger partial charge in [0.25, 0.3) is 0 Å².